The Hall–Kier alpha value is -0.900. The molecule has 100 valence electrons. The molecule has 1 aromatic rings. The summed E-state index contributed by atoms with van der Waals surface area (Å²) in [6.07, 6.45) is 9.20. The Labute approximate surface area is 113 Å². The number of nitrogens with one attached hydrogen (secondary N) is 1. The zero-order valence-electron chi connectivity index (χ0n) is 11.2. The molecule has 1 aliphatic carbocycles. The minimum absolute atomic E-state index is 0.0414. The number of hydrogen-bond donors (Lipinski definition) is 1. The van der Waals surface area contributed by atoms with Crippen LogP contribution < -0.4 is 5.32 Å². The Balaban J connectivity index is 1.98. The summed E-state index contributed by atoms with van der Waals surface area (Å²) in [7, 11) is 0. The van der Waals surface area contributed by atoms with E-state index in [1.165, 1.54) is 30.6 Å². The van der Waals surface area contributed by atoms with Crippen LogP contribution >= 0.6 is 11.3 Å². The van der Waals surface area contributed by atoms with Gasteiger partial charge in [-0.2, -0.15) is 0 Å². The standard InChI is InChI=1S/C14H22N2OS/c1-3-4-5-6-12(16-10(2)17)14-15-9-13(18-14)11-7-8-11/h9,11-12H,3-8H2,1-2H3,(H,16,17). The van der Waals surface area contributed by atoms with E-state index < -0.39 is 0 Å². The van der Waals surface area contributed by atoms with Crippen molar-refractivity contribution in [3.8, 4) is 0 Å². The summed E-state index contributed by atoms with van der Waals surface area (Å²) in [4.78, 5) is 17.2. The number of carbonyl (C=O) groups is 1. The van der Waals surface area contributed by atoms with E-state index in [4.69, 9.17) is 0 Å². The maximum Gasteiger partial charge on any atom is 0.217 e. The monoisotopic (exact) mass is 266 g/mol. The molecule has 1 N–H and O–H groups in total. The lowest BCUT2D eigenvalue weighted by atomic mass is 10.1. The molecule has 18 heavy (non-hydrogen) atoms. The smallest absolute Gasteiger partial charge is 0.217 e. The van der Waals surface area contributed by atoms with E-state index in [1.54, 1.807) is 18.3 Å². The lowest BCUT2D eigenvalue weighted by Crippen LogP contribution is -2.25. The first-order chi connectivity index (χ1) is 8.70. The number of nitrogens with zero attached hydrogens (tertiary/aromatic N) is 1. The molecule has 0 bridgehead atoms. The van der Waals surface area contributed by atoms with Crippen LogP contribution in [0, 0.1) is 0 Å². The van der Waals surface area contributed by atoms with Crippen molar-refractivity contribution in [2.24, 2.45) is 0 Å². The van der Waals surface area contributed by atoms with Crippen molar-refractivity contribution in [2.75, 3.05) is 0 Å². The summed E-state index contributed by atoms with van der Waals surface area (Å²) in [5.41, 5.74) is 0. The van der Waals surface area contributed by atoms with E-state index >= 15 is 0 Å². The van der Waals surface area contributed by atoms with Gasteiger partial charge in [0.1, 0.15) is 5.01 Å². The molecule has 1 fully saturated rings. The molecule has 1 heterocycles. The predicted octanol–water partition coefficient (Wildman–Crippen LogP) is 3.78. The van der Waals surface area contributed by atoms with E-state index in [1.807, 2.05) is 6.20 Å². The van der Waals surface area contributed by atoms with Crippen molar-refractivity contribution in [2.45, 2.75) is 64.3 Å². The second-order valence-corrected chi connectivity index (χ2v) is 6.22. The van der Waals surface area contributed by atoms with Crippen molar-refractivity contribution in [3.63, 3.8) is 0 Å². The largest absolute Gasteiger partial charge is 0.347 e. The number of amides is 1. The summed E-state index contributed by atoms with van der Waals surface area (Å²) in [6, 6.07) is 0.117. The molecule has 4 heteroatoms. The molecule has 1 aromatic heterocycles. The van der Waals surface area contributed by atoms with Crippen LogP contribution in [0.25, 0.3) is 0 Å². The fourth-order valence-corrected chi connectivity index (χ4v) is 3.29. The first-order valence-corrected chi connectivity index (χ1v) is 7.75. The first kappa shape index (κ1) is 13.5. The number of aromatic nitrogens is 1. The second-order valence-electron chi connectivity index (χ2n) is 5.12. The third-order valence-electron chi connectivity index (χ3n) is 3.29. The molecule has 0 radical (unpaired) electrons. The quantitative estimate of drug-likeness (QED) is 0.763. The minimum atomic E-state index is 0.0414. The van der Waals surface area contributed by atoms with Crippen molar-refractivity contribution in [3.05, 3.63) is 16.1 Å². The molecule has 2 rings (SSSR count). The number of rotatable bonds is 7. The van der Waals surface area contributed by atoms with Gasteiger partial charge in [0.25, 0.3) is 0 Å². The lowest BCUT2D eigenvalue weighted by Gasteiger charge is -2.14. The highest BCUT2D eigenvalue weighted by molar-refractivity contribution is 7.11. The van der Waals surface area contributed by atoms with E-state index in [2.05, 4.69) is 17.2 Å². The zero-order chi connectivity index (χ0) is 13.0. The molecule has 0 saturated heterocycles. The molecular formula is C14H22N2OS. The average Bonchev–Trinajstić information content (AvgIpc) is 3.06. The fourth-order valence-electron chi connectivity index (χ4n) is 2.12. The summed E-state index contributed by atoms with van der Waals surface area (Å²) in [6.45, 7) is 3.78. The van der Waals surface area contributed by atoms with Gasteiger partial charge in [-0.1, -0.05) is 26.2 Å². The molecule has 1 unspecified atom stereocenters. The molecule has 1 atom stereocenters. The first-order valence-electron chi connectivity index (χ1n) is 6.93. The van der Waals surface area contributed by atoms with Gasteiger partial charge in [-0.15, -0.1) is 11.3 Å². The third-order valence-corrected chi connectivity index (χ3v) is 4.57. The van der Waals surface area contributed by atoms with E-state index in [0.717, 1.165) is 23.8 Å². The molecule has 1 aliphatic rings. The normalized spacial score (nSPS) is 16.6. The van der Waals surface area contributed by atoms with Crippen LogP contribution in [0.1, 0.15) is 74.2 Å². The van der Waals surface area contributed by atoms with Crippen LogP contribution in [0.4, 0.5) is 0 Å². The van der Waals surface area contributed by atoms with Crippen LogP contribution in [-0.2, 0) is 4.79 Å². The van der Waals surface area contributed by atoms with Gasteiger partial charge in [-0.05, 0) is 25.2 Å². The summed E-state index contributed by atoms with van der Waals surface area (Å²) >= 11 is 1.79. The van der Waals surface area contributed by atoms with E-state index in [9.17, 15) is 4.79 Å². The van der Waals surface area contributed by atoms with Gasteiger partial charge in [0.15, 0.2) is 0 Å². The Morgan fingerprint density at radius 2 is 2.33 bits per heavy atom. The lowest BCUT2D eigenvalue weighted by molar-refractivity contribution is -0.119. The number of hydrogen-bond acceptors (Lipinski definition) is 3. The van der Waals surface area contributed by atoms with Crippen molar-refractivity contribution in [1.82, 2.24) is 10.3 Å². The number of unbranched alkanes of at least 4 members (excludes halogenated alkanes) is 2. The molecule has 0 aromatic carbocycles. The van der Waals surface area contributed by atoms with Gasteiger partial charge in [-0.3, -0.25) is 4.79 Å². The van der Waals surface area contributed by atoms with Crippen LogP contribution in [0.15, 0.2) is 6.20 Å². The van der Waals surface area contributed by atoms with Gasteiger partial charge < -0.3 is 5.32 Å². The van der Waals surface area contributed by atoms with Gasteiger partial charge in [0.2, 0.25) is 5.91 Å². The predicted molar refractivity (Wildman–Crippen MR) is 74.8 cm³/mol. The molecular weight excluding hydrogens is 244 g/mol. The second kappa shape index (κ2) is 6.32. The third kappa shape index (κ3) is 3.80. The van der Waals surface area contributed by atoms with E-state index in [0.29, 0.717) is 0 Å². The van der Waals surface area contributed by atoms with Crippen LogP contribution in [0.3, 0.4) is 0 Å². The van der Waals surface area contributed by atoms with Crippen LogP contribution in [-0.4, -0.2) is 10.9 Å². The van der Waals surface area contributed by atoms with Crippen molar-refractivity contribution in [1.29, 1.82) is 0 Å². The summed E-state index contributed by atoms with van der Waals surface area (Å²) < 4.78 is 0. The fraction of sp³-hybridized carbons (Fsp3) is 0.714. The minimum Gasteiger partial charge on any atom is -0.347 e. The average molecular weight is 266 g/mol. The molecule has 1 amide bonds. The molecule has 0 aliphatic heterocycles. The zero-order valence-corrected chi connectivity index (χ0v) is 12.1. The Morgan fingerprint density at radius 3 is 2.94 bits per heavy atom. The Bertz CT molecular complexity index is 398. The number of carbonyl (C=O) groups excluding carboxylic acids is 1. The highest BCUT2D eigenvalue weighted by atomic mass is 32.1. The molecule has 0 spiro atoms. The van der Waals surface area contributed by atoms with Gasteiger partial charge >= 0.3 is 0 Å². The van der Waals surface area contributed by atoms with Gasteiger partial charge in [-0.25, -0.2) is 4.98 Å². The Kier molecular flexibility index (Phi) is 4.75. The Morgan fingerprint density at radius 1 is 1.56 bits per heavy atom. The maximum absolute atomic E-state index is 11.3. The summed E-state index contributed by atoms with van der Waals surface area (Å²) in [5, 5.41) is 4.12. The van der Waals surface area contributed by atoms with Gasteiger partial charge in [0, 0.05) is 18.0 Å². The van der Waals surface area contributed by atoms with Crippen LogP contribution in [0.5, 0.6) is 0 Å². The highest BCUT2D eigenvalue weighted by Gasteiger charge is 2.27. The number of thiazole rings is 1. The molecule has 1 saturated carbocycles. The SMILES string of the molecule is CCCCCC(NC(C)=O)c1ncc(C2CC2)s1. The molecule has 3 nitrogen and oxygen atoms in total. The van der Waals surface area contributed by atoms with Crippen molar-refractivity contribution < 1.29 is 4.79 Å². The van der Waals surface area contributed by atoms with E-state index in [-0.39, 0.29) is 11.9 Å². The van der Waals surface area contributed by atoms with Gasteiger partial charge in [0.05, 0.1) is 6.04 Å². The summed E-state index contributed by atoms with van der Waals surface area (Å²) in [5.74, 6) is 0.796. The van der Waals surface area contributed by atoms with Crippen molar-refractivity contribution >= 4 is 17.2 Å². The maximum atomic E-state index is 11.3. The topological polar surface area (TPSA) is 42.0 Å². The highest BCUT2D eigenvalue weighted by Crippen LogP contribution is 2.43. The van der Waals surface area contributed by atoms with Crippen LogP contribution in [0.2, 0.25) is 0 Å².